The molecule has 0 saturated heterocycles. The Morgan fingerprint density at radius 3 is 2.62 bits per heavy atom. The van der Waals surface area contributed by atoms with Gasteiger partial charge in [-0.1, -0.05) is 20.8 Å². The number of halogens is 1. The van der Waals surface area contributed by atoms with Gasteiger partial charge >= 0.3 is 0 Å². The number of carbonyl (C=O) groups excluding carboxylic acids is 1. The summed E-state index contributed by atoms with van der Waals surface area (Å²) in [7, 11) is 0. The van der Waals surface area contributed by atoms with Crippen molar-refractivity contribution in [3.63, 3.8) is 0 Å². The average molecular weight is 288 g/mol. The molecule has 0 fully saturated rings. The van der Waals surface area contributed by atoms with E-state index < -0.39 is 5.41 Å². The molecular weight excluding hydrogens is 270 g/mol. The molecule has 4 nitrogen and oxygen atoms in total. The Kier molecular flexibility index (Phi) is 4.13. The summed E-state index contributed by atoms with van der Waals surface area (Å²) in [5.41, 5.74) is 5.92. The summed E-state index contributed by atoms with van der Waals surface area (Å²) in [6.45, 7) is 5.90. The fourth-order valence-corrected chi connectivity index (χ4v) is 2.11. The Morgan fingerprint density at radius 1 is 1.62 bits per heavy atom. The number of primary amides is 1. The van der Waals surface area contributed by atoms with E-state index in [1.54, 1.807) is 6.20 Å². The zero-order valence-corrected chi connectivity index (χ0v) is 11.5. The number of carbonyl (C=O) groups is 1. The van der Waals surface area contributed by atoms with E-state index in [4.69, 9.17) is 5.73 Å². The number of amides is 1. The summed E-state index contributed by atoms with van der Waals surface area (Å²) in [4.78, 5) is 15.7. The Bertz CT molecular complexity index is 389. The fourth-order valence-electron chi connectivity index (χ4n) is 1.55. The van der Waals surface area contributed by atoms with E-state index in [-0.39, 0.29) is 5.91 Å². The van der Waals surface area contributed by atoms with Gasteiger partial charge in [-0.25, -0.2) is 4.98 Å². The van der Waals surface area contributed by atoms with Crippen LogP contribution in [0, 0.1) is 5.41 Å². The number of hydrogen-bond acceptors (Lipinski definition) is 2. The first-order chi connectivity index (χ1) is 7.44. The first-order valence-electron chi connectivity index (χ1n) is 5.46. The normalized spacial score (nSPS) is 14.8. The van der Waals surface area contributed by atoms with Gasteiger partial charge in [-0.3, -0.25) is 8.39 Å². The van der Waals surface area contributed by atoms with Crippen molar-refractivity contribution in [1.82, 2.24) is 8.58 Å². The third kappa shape index (κ3) is 2.45. The number of rotatable bonds is 5. The average Bonchev–Trinajstić information content (AvgIpc) is 2.59. The smallest absolute Gasteiger partial charge is 0.223 e. The van der Waals surface area contributed by atoms with Crippen molar-refractivity contribution in [3.05, 3.63) is 17.7 Å². The Hall–Kier alpha value is -0.840. The molecule has 1 rings (SSSR count). The molecule has 5 heteroatoms. The van der Waals surface area contributed by atoms with Crippen LogP contribution in [0.1, 0.15) is 38.7 Å². The third-order valence-electron chi connectivity index (χ3n) is 3.10. The van der Waals surface area contributed by atoms with Gasteiger partial charge in [0, 0.05) is 19.0 Å². The molecule has 1 aromatic heterocycles. The van der Waals surface area contributed by atoms with Gasteiger partial charge in [0.15, 0.2) is 0 Å². The first-order valence-corrected chi connectivity index (χ1v) is 6.17. The van der Waals surface area contributed by atoms with E-state index in [0.29, 0.717) is 6.42 Å². The van der Waals surface area contributed by atoms with Crippen LogP contribution < -0.4 is 5.73 Å². The molecule has 1 aromatic rings. The minimum absolute atomic E-state index is 0.262. The highest BCUT2D eigenvalue weighted by atomic mass is 79.9. The maximum absolute atomic E-state index is 11.4. The first kappa shape index (κ1) is 13.2. The molecule has 0 bridgehead atoms. The second-order valence-corrected chi connectivity index (χ2v) is 4.96. The second-order valence-electron chi connectivity index (χ2n) is 4.26. The topological polar surface area (TPSA) is 60.9 Å². The van der Waals surface area contributed by atoms with Crippen molar-refractivity contribution >= 4 is 22.1 Å². The molecule has 0 aliphatic heterocycles. The highest BCUT2D eigenvalue weighted by molar-refractivity contribution is 9.08. The highest BCUT2D eigenvalue weighted by Crippen LogP contribution is 2.27. The quantitative estimate of drug-likeness (QED) is 0.901. The van der Waals surface area contributed by atoms with Crippen LogP contribution in [0.25, 0.3) is 0 Å². The van der Waals surface area contributed by atoms with Crippen LogP contribution in [0.3, 0.4) is 0 Å². The van der Waals surface area contributed by atoms with Crippen LogP contribution in [0.5, 0.6) is 0 Å². The number of aryl methyl sites for hydroxylation is 1. The third-order valence-corrected chi connectivity index (χ3v) is 3.97. The van der Waals surface area contributed by atoms with Crippen LogP contribution in [0.15, 0.2) is 6.20 Å². The van der Waals surface area contributed by atoms with Gasteiger partial charge in [0.1, 0.15) is 5.82 Å². The lowest BCUT2D eigenvalue weighted by molar-refractivity contribution is -0.127. The summed E-state index contributed by atoms with van der Waals surface area (Å²) in [6.07, 6.45) is 3.98. The number of nitrogens with two attached hydrogens (primary N) is 1. The minimum atomic E-state index is -0.503. The molecule has 1 amide bonds. The van der Waals surface area contributed by atoms with E-state index in [1.807, 2.05) is 24.4 Å². The minimum Gasteiger partial charge on any atom is -0.369 e. The summed E-state index contributed by atoms with van der Waals surface area (Å²) in [5.74, 6) is 0.694. The number of nitrogens with zero attached hydrogens (tertiary/aromatic N) is 2. The van der Waals surface area contributed by atoms with E-state index >= 15 is 0 Å². The molecule has 1 atom stereocenters. The molecule has 0 radical (unpaired) electrons. The lowest BCUT2D eigenvalue weighted by Gasteiger charge is -2.23. The van der Waals surface area contributed by atoms with Crippen molar-refractivity contribution < 1.29 is 4.79 Å². The Labute approximate surface area is 105 Å². The molecule has 0 aliphatic rings. The molecule has 1 heterocycles. The summed E-state index contributed by atoms with van der Waals surface area (Å²) >= 11 is 3.44. The fraction of sp³-hybridized carbons (Fsp3) is 0.636. The predicted molar refractivity (Wildman–Crippen MR) is 67.2 cm³/mol. The summed E-state index contributed by atoms with van der Waals surface area (Å²) in [5, 5.41) is 0. The van der Waals surface area contributed by atoms with E-state index in [2.05, 4.69) is 21.1 Å². The number of imidazole rings is 1. The van der Waals surface area contributed by atoms with Gasteiger partial charge in [0.2, 0.25) is 5.91 Å². The highest BCUT2D eigenvalue weighted by Gasteiger charge is 2.30. The van der Waals surface area contributed by atoms with Crippen molar-refractivity contribution in [1.29, 1.82) is 0 Å². The maximum atomic E-state index is 11.4. The molecule has 0 spiro atoms. The van der Waals surface area contributed by atoms with Gasteiger partial charge < -0.3 is 5.73 Å². The van der Waals surface area contributed by atoms with E-state index in [1.165, 1.54) is 0 Å². The lowest BCUT2D eigenvalue weighted by atomic mass is 9.82. The molecule has 0 aliphatic carbocycles. The van der Waals surface area contributed by atoms with E-state index in [0.717, 1.165) is 24.4 Å². The predicted octanol–water partition coefficient (Wildman–Crippen LogP) is 2.05. The Morgan fingerprint density at radius 2 is 2.25 bits per heavy atom. The lowest BCUT2D eigenvalue weighted by Crippen LogP contribution is -2.36. The van der Waals surface area contributed by atoms with Crippen LogP contribution in [-0.4, -0.2) is 14.5 Å². The van der Waals surface area contributed by atoms with Crippen LogP contribution >= 0.6 is 16.1 Å². The number of hydrogen-bond donors (Lipinski definition) is 1. The zero-order valence-electron chi connectivity index (χ0n) is 9.96. The van der Waals surface area contributed by atoms with Crippen LogP contribution in [0.4, 0.5) is 0 Å². The molecule has 0 aromatic carbocycles. The van der Waals surface area contributed by atoms with Gasteiger partial charge in [-0.05, 0) is 6.42 Å². The molecule has 16 heavy (non-hydrogen) atoms. The maximum Gasteiger partial charge on any atom is 0.223 e. The molecule has 90 valence electrons. The summed E-state index contributed by atoms with van der Waals surface area (Å²) in [6, 6.07) is 0. The van der Waals surface area contributed by atoms with Crippen molar-refractivity contribution in [3.8, 4) is 0 Å². The summed E-state index contributed by atoms with van der Waals surface area (Å²) < 4.78 is 1.86. The molecule has 0 saturated carbocycles. The van der Waals surface area contributed by atoms with E-state index in [9.17, 15) is 4.79 Å². The van der Waals surface area contributed by atoms with Crippen LogP contribution in [-0.2, 0) is 17.6 Å². The monoisotopic (exact) mass is 287 g/mol. The van der Waals surface area contributed by atoms with Gasteiger partial charge in [-0.15, -0.1) is 0 Å². The zero-order chi connectivity index (χ0) is 12.3. The largest absolute Gasteiger partial charge is 0.369 e. The van der Waals surface area contributed by atoms with Crippen molar-refractivity contribution in [2.75, 3.05) is 0 Å². The number of aromatic nitrogens is 2. The van der Waals surface area contributed by atoms with Crippen molar-refractivity contribution in [2.24, 2.45) is 11.1 Å². The molecule has 2 N–H and O–H groups in total. The van der Waals surface area contributed by atoms with Crippen molar-refractivity contribution in [2.45, 2.75) is 40.0 Å². The van der Waals surface area contributed by atoms with Gasteiger partial charge in [0.25, 0.3) is 0 Å². The second kappa shape index (κ2) is 4.99. The molecule has 1 unspecified atom stereocenters. The molecular formula is C11H18BrN3O. The SMILES string of the molecule is CCc1ncc(CC(C)(CC)C(N)=O)n1Br. The van der Waals surface area contributed by atoms with Gasteiger partial charge in [-0.2, -0.15) is 0 Å². The van der Waals surface area contributed by atoms with Crippen LogP contribution in [0.2, 0.25) is 0 Å². The van der Waals surface area contributed by atoms with Gasteiger partial charge in [0.05, 0.1) is 27.3 Å². The Balaban J connectivity index is 2.95. The standard InChI is InChI=1S/C11H18BrN3O/c1-4-9-14-7-8(15(9)12)6-11(3,5-2)10(13)16/h7H,4-6H2,1-3H3,(H2,13,16).